The van der Waals surface area contributed by atoms with Gasteiger partial charge in [0.15, 0.2) is 11.0 Å². The minimum Gasteiger partial charge on any atom is -0.486 e. The Hall–Kier alpha value is -2.37. The van der Waals surface area contributed by atoms with E-state index in [9.17, 15) is 9.59 Å². The first-order chi connectivity index (χ1) is 16.4. The quantitative estimate of drug-likeness (QED) is 0.308. The molecule has 2 aromatic heterocycles. The second-order valence-corrected chi connectivity index (χ2v) is 11.0. The Bertz CT molecular complexity index is 1190. The van der Waals surface area contributed by atoms with Crippen molar-refractivity contribution in [1.82, 2.24) is 14.8 Å². The molecule has 4 rings (SSSR count). The molecule has 34 heavy (non-hydrogen) atoms. The Labute approximate surface area is 214 Å². The first-order valence-electron chi connectivity index (χ1n) is 10.8. The summed E-state index contributed by atoms with van der Waals surface area (Å²) in [7, 11) is 3.20. The maximum absolute atomic E-state index is 12.7. The van der Waals surface area contributed by atoms with E-state index in [-0.39, 0.29) is 18.3 Å². The van der Waals surface area contributed by atoms with Crippen LogP contribution in [0.25, 0.3) is 0 Å². The van der Waals surface area contributed by atoms with E-state index in [0.717, 1.165) is 39.9 Å². The standard InChI is InChI=1S/C23H25BrN4O4S2/c1-13-4-9-16-17(10-13)34-21(20(16)22(30)31-3)25-19(29)12-33-23-27-26-18(28(23)2)11-32-15-7-5-14(24)6-8-15/h5-8,13H,4,9-12H2,1-3H3,(H,25,29). The van der Waals surface area contributed by atoms with Gasteiger partial charge >= 0.3 is 5.97 Å². The van der Waals surface area contributed by atoms with Crippen LogP contribution in [0.3, 0.4) is 0 Å². The number of hydrogen-bond acceptors (Lipinski definition) is 8. The molecule has 0 radical (unpaired) electrons. The Morgan fingerprint density at radius 3 is 2.79 bits per heavy atom. The number of rotatable bonds is 8. The third-order valence-electron chi connectivity index (χ3n) is 5.59. The van der Waals surface area contributed by atoms with Crippen molar-refractivity contribution >= 4 is 55.9 Å². The van der Waals surface area contributed by atoms with E-state index in [1.54, 1.807) is 0 Å². The van der Waals surface area contributed by atoms with Crippen LogP contribution in [0.15, 0.2) is 33.9 Å². The van der Waals surface area contributed by atoms with Gasteiger partial charge < -0.3 is 19.4 Å². The largest absolute Gasteiger partial charge is 0.486 e. The molecule has 3 aromatic rings. The molecule has 1 amide bonds. The number of thioether (sulfide) groups is 1. The molecule has 1 aliphatic carbocycles. The number of nitrogens with one attached hydrogen (secondary N) is 1. The zero-order chi connectivity index (χ0) is 24.2. The van der Waals surface area contributed by atoms with Crippen LogP contribution in [-0.2, 0) is 36.0 Å². The summed E-state index contributed by atoms with van der Waals surface area (Å²) in [5, 5.41) is 12.4. The number of fused-ring (bicyclic) bond motifs is 1. The fourth-order valence-corrected chi connectivity index (χ4v) is 6.13. The zero-order valence-corrected chi connectivity index (χ0v) is 22.3. The van der Waals surface area contributed by atoms with Gasteiger partial charge in [0, 0.05) is 16.4 Å². The van der Waals surface area contributed by atoms with Crippen molar-refractivity contribution in [2.24, 2.45) is 13.0 Å². The van der Waals surface area contributed by atoms with E-state index < -0.39 is 5.97 Å². The first kappa shape index (κ1) is 24.7. The van der Waals surface area contributed by atoms with E-state index in [1.807, 2.05) is 35.9 Å². The number of ether oxygens (including phenoxy) is 2. The van der Waals surface area contributed by atoms with Crippen molar-refractivity contribution in [3.63, 3.8) is 0 Å². The summed E-state index contributed by atoms with van der Waals surface area (Å²) in [6, 6.07) is 7.54. The lowest BCUT2D eigenvalue weighted by Gasteiger charge is -2.18. The van der Waals surface area contributed by atoms with Crippen LogP contribution in [0.5, 0.6) is 5.75 Å². The van der Waals surface area contributed by atoms with E-state index >= 15 is 0 Å². The topological polar surface area (TPSA) is 95.3 Å². The van der Waals surface area contributed by atoms with E-state index in [0.29, 0.717) is 27.5 Å². The van der Waals surface area contributed by atoms with E-state index in [2.05, 4.69) is 38.4 Å². The number of carbonyl (C=O) groups is 2. The molecular formula is C23H25BrN4O4S2. The Morgan fingerprint density at radius 2 is 2.06 bits per heavy atom. The van der Waals surface area contributed by atoms with Gasteiger partial charge in [0.05, 0.1) is 18.4 Å². The molecule has 2 heterocycles. The average Bonchev–Trinajstić information content (AvgIpc) is 3.35. The van der Waals surface area contributed by atoms with Crippen molar-refractivity contribution in [3.8, 4) is 5.75 Å². The minimum absolute atomic E-state index is 0.138. The van der Waals surface area contributed by atoms with Crippen LogP contribution < -0.4 is 10.1 Å². The van der Waals surface area contributed by atoms with Gasteiger partial charge in [-0.3, -0.25) is 4.79 Å². The van der Waals surface area contributed by atoms with E-state index in [1.165, 1.54) is 30.2 Å². The highest BCUT2D eigenvalue weighted by Crippen LogP contribution is 2.40. The second kappa shape index (κ2) is 10.9. The summed E-state index contributed by atoms with van der Waals surface area (Å²) < 4.78 is 13.5. The van der Waals surface area contributed by atoms with Crippen LogP contribution in [-0.4, -0.2) is 39.5 Å². The van der Waals surface area contributed by atoms with Gasteiger partial charge in [0.25, 0.3) is 0 Å². The first-order valence-corrected chi connectivity index (χ1v) is 13.4. The molecule has 1 unspecified atom stereocenters. The van der Waals surface area contributed by atoms with Crippen molar-refractivity contribution in [3.05, 3.63) is 50.6 Å². The fourth-order valence-electron chi connectivity index (χ4n) is 3.72. The van der Waals surface area contributed by atoms with Crippen LogP contribution in [0.4, 0.5) is 5.00 Å². The molecule has 180 valence electrons. The number of nitrogens with zero attached hydrogens (tertiary/aromatic N) is 3. The monoisotopic (exact) mass is 564 g/mol. The van der Waals surface area contributed by atoms with Gasteiger partial charge in [-0.1, -0.05) is 34.6 Å². The third-order valence-corrected chi connectivity index (χ3v) is 8.31. The van der Waals surface area contributed by atoms with Gasteiger partial charge in [0.1, 0.15) is 17.4 Å². The molecule has 0 spiro atoms. The Kier molecular flexibility index (Phi) is 7.95. The highest BCUT2D eigenvalue weighted by atomic mass is 79.9. The highest BCUT2D eigenvalue weighted by molar-refractivity contribution is 9.10. The Morgan fingerprint density at radius 1 is 1.29 bits per heavy atom. The van der Waals surface area contributed by atoms with Crippen LogP contribution in [0.2, 0.25) is 0 Å². The molecule has 0 aliphatic heterocycles. The number of methoxy groups -OCH3 is 1. The number of hydrogen-bond donors (Lipinski definition) is 1. The molecule has 11 heteroatoms. The highest BCUT2D eigenvalue weighted by Gasteiger charge is 2.29. The Balaban J connectivity index is 1.37. The number of esters is 1. The lowest BCUT2D eigenvalue weighted by Crippen LogP contribution is -2.17. The molecule has 1 N–H and O–H groups in total. The number of benzene rings is 1. The summed E-state index contributed by atoms with van der Waals surface area (Å²) in [6.45, 7) is 2.47. The molecule has 8 nitrogen and oxygen atoms in total. The molecular weight excluding hydrogens is 540 g/mol. The molecule has 0 saturated carbocycles. The number of carbonyl (C=O) groups excluding carboxylic acids is 2. The van der Waals surface area contributed by atoms with Crippen molar-refractivity contribution in [2.75, 3.05) is 18.2 Å². The summed E-state index contributed by atoms with van der Waals surface area (Å²) in [4.78, 5) is 26.3. The van der Waals surface area contributed by atoms with Crippen LogP contribution in [0, 0.1) is 5.92 Å². The van der Waals surface area contributed by atoms with Crippen LogP contribution in [0.1, 0.15) is 40.0 Å². The van der Waals surface area contributed by atoms with Gasteiger partial charge in [-0.25, -0.2) is 4.79 Å². The molecule has 0 fully saturated rings. The molecule has 0 saturated heterocycles. The third kappa shape index (κ3) is 5.64. The number of halogens is 1. The molecule has 0 bridgehead atoms. The van der Waals surface area contributed by atoms with Crippen LogP contribution >= 0.6 is 39.0 Å². The van der Waals surface area contributed by atoms with Gasteiger partial charge in [-0.05, 0) is 55.0 Å². The molecule has 1 aliphatic rings. The van der Waals surface area contributed by atoms with E-state index in [4.69, 9.17) is 9.47 Å². The molecule has 1 aromatic carbocycles. The lowest BCUT2D eigenvalue weighted by molar-refractivity contribution is -0.113. The van der Waals surface area contributed by atoms with Crippen molar-refractivity contribution < 1.29 is 19.1 Å². The average molecular weight is 566 g/mol. The zero-order valence-electron chi connectivity index (χ0n) is 19.1. The van der Waals surface area contributed by atoms with Crippen molar-refractivity contribution in [2.45, 2.75) is 37.9 Å². The van der Waals surface area contributed by atoms with Gasteiger partial charge in [-0.15, -0.1) is 21.5 Å². The fraction of sp³-hybridized carbons (Fsp3) is 0.391. The van der Waals surface area contributed by atoms with Gasteiger partial charge in [-0.2, -0.15) is 0 Å². The maximum Gasteiger partial charge on any atom is 0.341 e. The van der Waals surface area contributed by atoms with Crippen molar-refractivity contribution in [1.29, 1.82) is 0 Å². The maximum atomic E-state index is 12.7. The predicted octanol–water partition coefficient (Wildman–Crippen LogP) is 4.86. The number of amides is 1. The van der Waals surface area contributed by atoms with Gasteiger partial charge in [0.2, 0.25) is 5.91 Å². The molecule has 1 atom stereocenters. The normalized spacial score (nSPS) is 15.0. The second-order valence-electron chi connectivity index (χ2n) is 8.08. The summed E-state index contributed by atoms with van der Waals surface area (Å²) in [5.74, 6) is 1.47. The number of thiophene rings is 1. The minimum atomic E-state index is -0.404. The summed E-state index contributed by atoms with van der Waals surface area (Å²) in [6.07, 6.45) is 2.77. The summed E-state index contributed by atoms with van der Waals surface area (Å²) >= 11 is 6.15. The summed E-state index contributed by atoms with van der Waals surface area (Å²) in [5.41, 5.74) is 1.51. The lowest BCUT2D eigenvalue weighted by atomic mass is 9.88. The smallest absolute Gasteiger partial charge is 0.341 e. The number of anilines is 1. The predicted molar refractivity (Wildman–Crippen MR) is 136 cm³/mol. The number of aromatic nitrogens is 3. The SMILES string of the molecule is COC(=O)c1c(NC(=O)CSc2nnc(COc3ccc(Br)cc3)n2C)sc2c1CCC(C)C2.